The van der Waals surface area contributed by atoms with Gasteiger partial charge >= 0.3 is 5.97 Å². The van der Waals surface area contributed by atoms with Crippen LogP contribution in [0.25, 0.3) is 0 Å². The van der Waals surface area contributed by atoms with Gasteiger partial charge in [-0.25, -0.2) is 0 Å². The van der Waals surface area contributed by atoms with Crippen molar-refractivity contribution in [3.8, 4) is 5.75 Å². The van der Waals surface area contributed by atoms with Gasteiger partial charge in [-0.2, -0.15) is 0 Å². The largest absolute Gasteiger partial charge is 0.496 e. The van der Waals surface area contributed by atoms with Crippen molar-refractivity contribution < 1.29 is 19.2 Å². The SMILES string of the molecule is CCOC(=O)C1CC[NH+](Cc2cc(C)c(OC)cc2C)CC1. The van der Waals surface area contributed by atoms with E-state index < -0.39 is 0 Å². The number of benzene rings is 1. The molecule has 0 saturated carbocycles. The lowest BCUT2D eigenvalue weighted by Crippen LogP contribution is -3.11. The highest BCUT2D eigenvalue weighted by molar-refractivity contribution is 5.72. The zero-order chi connectivity index (χ0) is 16.1. The van der Waals surface area contributed by atoms with Crippen LogP contribution in [0.4, 0.5) is 0 Å². The van der Waals surface area contributed by atoms with Crippen molar-refractivity contribution in [2.24, 2.45) is 5.92 Å². The first-order valence-electron chi connectivity index (χ1n) is 8.19. The van der Waals surface area contributed by atoms with Crippen molar-refractivity contribution in [3.63, 3.8) is 0 Å². The van der Waals surface area contributed by atoms with E-state index in [1.54, 1.807) is 12.0 Å². The lowest BCUT2D eigenvalue weighted by Gasteiger charge is -2.28. The molecule has 4 nitrogen and oxygen atoms in total. The van der Waals surface area contributed by atoms with E-state index in [9.17, 15) is 4.79 Å². The summed E-state index contributed by atoms with van der Waals surface area (Å²) in [6.45, 7) is 9.67. The van der Waals surface area contributed by atoms with Crippen LogP contribution in [-0.4, -0.2) is 32.8 Å². The summed E-state index contributed by atoms with van der Waals surface area (Å²) in [5, 5.41) is 0. The lowest BCUT2D eigenvalue weighted by atomic mass is 9.96. The minimum Gasteiger partial charge on any atom is -0.496 e. The van der Waals surface area contributed by atoms with Gasteiger partial charge in [0.1, 0.15) is 12.3 Å². The minimum atomic E-state index is -0.0157. The Kier molecular flexibility index (Phi) is 5.83. The first-order chi connectivity index (χ1) is 10.5. The molecule has 0 aromatic heterocycles. The van der Waals surface area contributed by atoms with Crippen LogP contribution in [0.15, 0.2) is 12.1 Å². The number of rotatable bonds is 5. The van der Waals surface area contributed by atoms with Crippen LogP contribution in [0.5, 0.6) is 5.75 Å². The molecule has 1 fully saturated rings. The Balaban J connectivity index is 1.94. The molecule has 1 aliphatic heterocycles. The summed E-state index contributed by atoms with van der Waals surface area (Å²) < 4.78 is 10.5. The molecule has 22 heavy (non-hydrogen) atoms. The highest BCUT2D eigenvalue weighted by Gasteiger charge is 2.28. The smallest absolute Gasteiger partial charge is 0.309 e. The second kappa shape index (κ2) is 7.63. The molecule has 0 aliphatic carbocycles. The van der Waals surface area contributed by atoms with E-state index in [0.717, 1.165) is 38.2 Å². The summed E-state index contributed by atoms with van der Waals surface area (Å²) in [4.78, 5) is 13.3. The van der Waals surface area contributed by atoms with Gasteiger partial charge in [0.2, 0.25) is 0 Å². The quantitative estimate of drug-likeness (QED) is 0.841. The summed E-state index contributed by atoms with van der Waals surface area (Å²) >= 11 is 0. The molecule has 0 atom stereocenters. The van der Waals surface area contributed by atoms with E-state index in [-0.39, 0.29) is 11.9 Å². The number of quaternary nitrogens is 1. The van der Waals surface area contributed by atoms with E-state index in [0.29, 0.717) is 6.61 Å². The van der Waals surface area contributed by atoms with Crippen molar-refractivity contribution in [2.45, 2.75) is 40.2 Å². The molecule has 1 aliphatic rings. The maximum atomic E-state index is 11.8. The summed E-state index contributed by atoms with van der Waals surface area (Å²) in [6, 6.07) is 4.36. The van der Waals surface area contributed by atoms with Gasteiger partial charge in [0.05, 0.1) is 32.7 Å². The molecule has 0 bridgehead atoms. The number of nitrogens with one attached hydrogen (secondary N) is 1. The molecular weight excluding hydrogens is 278 g/mol. The Morgan fingerprint density at radius 3 is 2.50 bits per heavy atom. The van der Waals surface area contributed by atoms with Crippen LogP contribution < -0.4 is 9.64 Å². The monoisotopic (exact) mass is 306 g/mol. The van der Waals surface area contributed by atoms with Gasteiger partial charge in [-0.15, -0.1) is 0 Å². The Bertz CT molecular complexity index is 519. The van der Waals surface area contributed by atoms with Crippen LogP contribution in [0, 0.1) is 19.8 Å². The topological polar surface area (TPSA) is 40.0 Å². The molecule has 1 heterocycles. The molecule has 122 valence electrons. The summed E-state index contributed by atoms with van der Waals surface area (Å²) in [5.41, 5.74) is 3.84. The molecule has 4 heteroatoms. The lowest BCUT2D eigenvalue weighted by molar-refractivity contribution is -0.919. The Hall–Kier alpha value is -1.55. The van der Waals surface area contributed by atoms with Crippen LogP contribution in [0.3, 0.4) is 0 Å². The highest BCUT2D eigenvalue weighted by atomic mass is 16.5. The highest BCUT2D eigenvalue weighted by Crippen LogP contribution is 2.22. The first-order valence-corrected chi connectivity index (χ1v) is 8.19. The fraction of sp³-hybridized carbons (Fsp3) is 0.611. The fourth-order valence-corrected chi connectivity index (χ4v) is 3.23. The average Bonchev–Trinajstić information content (AvgIpc) is 2.51. The Morgan fingerprint density at radius 2 is 1.91 bits per heavy atom. The van der Waals surface area contributed by atoms with Crippen molar-refractivity contribution in [1.82, 2.24) is 0 Å². The third kappa shape index (κ3) is 4.01. The molecule has 1 N–H and O–H groups in total. The number of methoxy groups -OCH3 is 1. The van der Waals surface area contributed by atoms with Crippen LogP contribution in [-0.2, 0) is 16.1 Å². The number of carbonyl (C=O) groups excluding carboxylic acids is 1. The molecule has 0 radical (unpaired) electrons. The zero-order valence-corrected chi connectivity index (χ0v) is 14.2. The number of carbonyl (C=O) groups is 1. The first kappa shape index (κ1) is 16.8. The van der Waals surface area contributed by atoms with E-state index in [1.165, 1.54) is 16.7 Å². The van der Waals surface area contributed by atoms with Gasteiger partial charge in [-0.3, -0.25) is 4.79 Å². The number of ether oxygens (including phenoxy) is 2. The van der Waals surface area contributed by atoms with Crippen LogP contribution in [0.2, 0.25) is 0 Å². The number of piperidine rings is 1. The molecule has 2 rings (SSSR count). The van der Waals surface area contributed by atoms with Gasteiger partial charge in [-0.05, 0) is 44.0 Å². The predicted octanol–water partition coefficient (Wildman–Crippen LogP) is 1.67. The van der Waals surface area contributed by atoms with Crippen molar-refractivity contribution >= 4 is 5.97 Å². The Labute approximate surface area is 133 Å². The average molecular weight is 306 g/mol. The molecular formula is C18H28NO3+. The van der Waals surface area contributed by atoms with E-state index >= 15 is 0 Å². The maximum absolute atomic E-state index is 11.8. The molecule has 0 unspecified atom stereocenters. The van der Waals surface area contributed by atoms with Gasteiger partial charge in [0, 0.05) is 18.4 Å². The van der Waals surface area contributed by atoms with Gasteiger partial charge in [0.15, 0.2) is 0 Å². The summed E-state index contributed by atoms with van der Waals surface area (Å²) in [6.07, 6.45) is 1.87. The van der Waals surface area contributed by atoms with E-state index in [2.05, 4.69) is 26.0 Å². The third-order valence-electron chi connectivity index (χ3n) is 4.61. The van der Waals surface area contributed by atoms with Gasteiger partial charge in [0.25, 0.3) is 0 Å². The summed E-state index contributed by atoms with van der Waals surface area (Å²) in [5.74, 6) is 1.04. The fourth-order valence-electron chi connectivity index (χ4n) is 3.23. The second-order valence-electron chi connectivity index (χ2n) is 6.20. The van der Waals surface area contributed by atoms with Crippen molar-refractivity contribution in [1.29, 1.82) is 0 Å². The molecule has 1 aromatic rings. The molecule has 1 aromatic carbocycles. The standard InChI is InChI=1S/C18H27NO3/c1-5-22-18(20)15-6-8-19(9-7-15)12-16-10-14(3)17(21-4)11-13(16)2/h10-11,15H,5-9,12H2,1-4H3/p+1. The number of hydrogen-bond acceptors (Lipinski definition) is 3. The number of hydrogen-bond donors (Lipinski definition) is 1. The zero-order valence-electron chi connectivity index (χ0n) is 14.2. The van der Waals surface area contributed by atoms with Gasteiger partial charge < -0.3 is 14.4 Å². The molecule has 1 saturated heterocycles. The minimum absolute atomic E-state index is 0.0157. The third-order valence-corrected chi connectivity index (χ3v) is 4.61. The van der Waals surface area contributed by atoms with Crippen LogP contribution >= 0.6 is 0 Å². The number of esters is 1. The molecule has 0 amide bonds. The number of aryl methyl sites for hydroxylation is 2. The van der Waals surface area contributed by atoms with Crippen molar-refractivity contribution in [2.75, 3.05) is 26.8 Å². The van der Waals surface area contributed by atoms with E-state index in [1.807, 2.05) is 6.92 Å². The number of likely N-dealkylation sites (tertiary alicyclic amines) is 1. The van der Waals surface area contributed by atoms with Crippen molar-refractivity contribution in [3.05, 3.63) is 28.8 Å². The van der Waals surface area contributed by atoms with Gasteiger partial charge in [-0.1, -0.05) is 0 Å². The Morgan fingerprint density at radius 1 is 1.23 bits per heavy atom. The maximum Gasteiger partial charge on any atom is 0.309 e. The second-order valence-corrected chi connectivity index (χ2v) is 6.20. The van der Waals surface area contributed by atoms with E-state index in [4.69, 9.17) is 9.47 Å². The predicted molar refractivity (Wildman–Crippen MR) is 86.2 cm³/mol. The van der Waals surface area contributed by atoms with Crippen LogP contribution in [0.1, 0.15) is 36.5 Å². The normalized spacial score (nSPS) is 21.5. The summed E-state index contributed by atoms with van der Waals surface area (Å²) in [7, 11) is 1.72. The molecule has 0 spiro atoms.